The largest absolute Gasteiger partial charge is 0.456 e. The van der Waals surface area contributed by atoms with Gasteiger partial charge in [0.1, 0.15) is 22.3 Å². The van der Waals surface area contributed by atoms with E-state index < -0.39 is 0 Å². The second-order valence-electron chi connectivity index (χ2n) is 24.1. The summed E-state index contributed by atoms with van der Waals surface area (Å²) in [6.45, 7) is 0. The molecule has 0 amide bonds. The number of hydrogen-bond donors (Lipinski definition) is 0. The molecule has 0 saturated carbocycles. The summed E-state index contributed by atoms with van der Waals surface area (Å²) in [7, 11) is 0. The van der Waals surface area contributed by atoms with Crippen molar-refractivity contribution in [2.75, 3.05) is 0 Å². The van der Waals surface area contributed by atoms with Gasteiger partial charge in [-0.25, -0.2) is 0 Å². The number of rotatable bonds is 7. The first-order chi connectivity index (χ1) is 44.6. The summed E-state index contributed by atoms with van der Waals surface area (Å²) in [6.07, 6.45) is 0. The van der Waals surface area contributed by atoms with E-state index in [0.29, 0.717) is 0 Å². The lowest BCUT2D eigenvalue weighted by Crippen LogP contribution is -1.93. The second-order valence-corrected chi connectivity index (χ2v) is 24.1. The third-order valence-corrected chi connectivity index (χ3v) is 19.2. The molecule has 90 heavy (non-hydrogen) atoms. The molecule has 17 aromatic carbocycles. The Kier molecular flexibility index (Phi) is 11.1. The van der Waals surface area contributed by atoms with Crippen molar-refractivity contribution < 1.29 is 8.83 Å². The molecule has 0 radical (unpaired) electrons. The molecule has 0 fully saturated rings. The minimum atomic E-state index is 0.852. The van der Waals surface area contributed by atoms with Crippen LogP contribution in [0.25, 0.3) is 197 Å². The molecule has 416 valence electrons. The maximum Gasteiger partial charge on any atom is 0.143 e. The minimum absolute atomic E-state index is 0.852. The van der Waals surface area contributed by atoms with Crippen LogP contribution in [0.3, 0.4) is 0 Å². The van der Waals surface area contributed by atoms with E-state index in [1.807, 2.05) is 6.07 Å². The van der Waals surface area contributed by atoms with Crippen LogP contribution in [0.2, 0.25) is 0 Å². The smallest absolute Gasteiger partial charge is 0.143 e. The van der Waals surface area contributed by atoms with Gasteiger partial charge in [-0.3, -0.25) is 0 Å². The number of benzene rings is 17. The quantitative estimate of drug-likeness (QED) is 0.149. The second kappa shape index (κ2) is 19.8. The highest BCUT2D eigenvalue weighted by Crippen LogP contribution is 2.51. The fraction of sp³-hybridized carbons (Fsp3) is 0. The number of furan rings is 2. The van der Waals surface area contributed by atoms with Gasteiger partial charge in [0.05, 0.1) is 0 Å². The lowest BCUT2D eigenvalue weighted by molar-refractivity contribution is 0.669. The third-order valence-electron chi connectivity index (χ3n) is 19.2. The predicted octanol–water partition coefficient (Wildman–Crippen LogP) is 25.2. The average Bonchev–Trinajstić information content (AvgIpc) is 1.04. The summed E-state index contributed by atoms with van der Waals surface area (Å²) < 4.78 is 13.7. The van der Waals surface area contributed by atoms with Crippen molar-refractivity contribution in [3.05, 3.63) is 315 Å². The summed E-state index contributed by atoms with van der Waals surface area (Å²) in [6, 6.07) is 116. The van der Waals surface area contributed by atoms with E-state index in [9.17, 15) is 0 Å². The van der Waals surface area contributed by atoms with Crippen LogP contribution in [-0.4, -0.2) is 0 Å². The van der Waals surface area contributed by atoms with Gasteiger partial charge in [0, 0.05) is 27.1 Å². The lowest BCUT2D eigenvalue weighted by atomic mass is 9.82. The van der Waals surface area contributed by atoms with E-state index in [-0.39, 0.29) is 0 Å². The van der Waals surface area contributed by atoms with E-state index in [1.54, 1.807) is 0 Å². The number of hydrogen-bond acceptors (Lipinski definition) is 2. The van der Waals surface area contributed by atoms with Crippen molar-refractivity contribution in [2.45, 2.75) is 0 Å². The van der Waals surface area contributed by atoms with Gasteiger partial charge < -0.3 is 8.83 Å². The Morgan fingerprint density at radius 3 is 1.20 bits per heavy atom. The van der Waals surface area contributed by atoms with Gasteiger partial charge in [0.25, 0.3) is 0 Å². The Bertz CT molecular complexity index is 6210. The Hall–Kier alpha value is -11.8. The molecular formula is C88H52O2. The van der Waals surface area contributed by atoms with Crippen molar-refractivity contribution in [2.24, 2.45) is 0 Å². The first-order valence-corrected chi connectivity index (χ1v) is 31.0. The van der Waals surface area contributed by atoms with Crippen LogP contribution < -0.4 is 0 Å². The van der Waals surface area contributed by atoms with Gasteiger partial charge in [-0.1, -0.05) is 267 Å². The maximum absolute atomic E-state index is 7.23. The van der Waals surface area contributed by atoms with Crippen LogP contribution in [0.5, 0.6) is 0 Å². The molecule has 2 nitrogen and oxygen atoms in total. The highest BCUT2D eigenvalue weighted by atomic mass is 16.3. The fourth-order valence-electron chi connectivity index (χ4n) is 15.2. The molecule has 0 spiro atoms. The van der Waals surface area contributed by atoms with Crippen LogP contribution in [0, 0.1) is 0 Å². The summed E-state index contributed by atoms with van der Waals surface area (Å²) in [4.78, 5) is 0. The standard InChI is InChI=1S/C88H52O2/c1-2-21-56(22-3-1)82-72-46-43-60(65-30-16-36-80-86(65)74-29-12-13-35-79(74)89-80)51-78(72)85(68-33-14-25-55-20-8-9-26-64(55)68)73-47-44-61(52-77(73)82)67-32-15-34-75-87-66(31-17-37-81(87)90-88(67)75)59-42-45-71-76(50-59)84(63-41-39-54-19-5-7-24-58(54)49-63)70-28-11-10-27-69(70)83(71)62-40-38-53-18-4-6-23-57(53)48-62/h1-52H. The molecule has 19 aromatic rings. The van der Waals surface area contributed by atoms with E-state index in [0.717, 1.165) is 82.8 Å². The molecule has 0 bridgehead atoms. The van der Waals surface area contributed by atoms with E-state index >= 15 is 0 Å². The third kappa shape index (κ3) is 7.71. The zero-order valence-corrected chi connectivity index (χ0v) is 48.8. The Labute approximate surface area is 518 Å². The Balaban J connectivity index is 0.834. The molecule has 19 rings (SSSR count). The van der Waals surface area contributed by atoms with Crippen molar-refractivity contribution in [3.63, 3.8) is 0 Å². The predicted molar refractivity (Wildman–Crippen MR) is 382 cm³/mol. The van der Waals surface area contributed by atoms with Crippen molar-refractivity contribution in [1.82, 2.24) is 0 Å². The lowest BCUT2D eigenvalue weighted by Gasteiger charge is -2.20. The summed E-state index contributed by atoms with van der Waals surface area (Å²) >= 11 is 0. The molecule has 0 aliphatic heterocycles. The van der Waals surface area contributed by atoms with Gasteiger partial charge in [-0.05, 0) is 196 Å². The van der Waals surface area contributed by atoms with Crippen LogP contribution >= 0.6 is 0 Å². The van der Waals surface area contributed by atoms with Crippen LogP contribution in [0.15, 0.2) is 324 Å². The molecule has 0 N–H and O–H groups in total. The van der Waals surface area contributed by atoms with Crippen LogP contribution in [0.4, 0.5) is 0 Å². The van der Waals surface area contributed by atoms with Gasteiger partial charge in [-0.15, -0.1) is 0 Å². The van der Waals surface area contributed by atoms with Crippen LogP contribution in [-0.2, 0) is 0 Å². The average molecular weight is 1140 g/mol. The molecule has 2 heterocycles. The molecule has 2 heteroatoms. The molecule has 0 atom stereocenters. The van der Waals surface area contributed by atoms with Gasteiger partial charge in [-0.2, -0.15) is 0 Å². The first-order valence-electron chi connectivity index (χ1n) is 31.0. The van der Waals surface area contributed by atoms with Gasteiger partial charge >= 0.3 is 0 Å². The normalized spacial score (nSPS) is 12.0. The van der Waals surface area contributed by atoms with Gasteiger partial charge in [0.2, 0.25) is 0 Å². The number of fused-ring (bicyclic) bond motifs is 13. The Morgan fingerprint density at radius 1 is 0.167 bits per heavy atom. The highest BCUT2D eigenvalue weighted by Gasteiger charge is 2.24. The summed E-state index contributed by atoms with van der Waals surface area (Å²) in [5, 5.41) is 21.3. The van der Waals surface area contributed by atoms with Crippen molar-refractivity contribution in [1.29, 1.82) is 0 Å². The Morgan fingerprint density at radius 2 is 0.556 bits per heavy atom. The minimum Gasteiger partial charge on any atom is -0.456 e. The van der Waals surface area contributed by atoms with Gasteiger partial charge in [0.15, 0.2) is 0 Å². The SMILES string of the molecule is c1ccc(-c2c3cc(-c4cccc5c4oc4cccc(-c6ccc7c(-c8ccc9ccccc9c8)c8ccccc8c(-c8ccc9ccccc9c8)c7c6)c45)ccc3c(-c3cccc4ccccc34)c3cc(-c4cccc5oc6ccccc6c45)ccc23)cc1. The molecule has 0 saturated heterocycles. The van der Waals surface area contributed by atoms with E-state index in [2.05, 4.69) is 309 Å². The van der Waals surface area contributed by atoms with Crippen molar-refractivity contribution >= 4 is 119 Å². The maximum atomic E-state index is 7.23. The van der Waals surface area contributed by atoms with Crippen LogP contribution in [0.1, 0.15) is 0 Å². The molecular weight excluding hydrogens is 1090 g/mol. The topological polar surface area (TPSA) is 26.3 Å². The first kappa shape index (κ1) is 50.3. The zero-order chi connectivity index (χ0) is 59.0. The fourth-order valence-corrected chi connectivity index (χ4v) is 15.2. The van der Waals surface area contributed by atoms with E-state index in [1.165, 1.54) is 114 Å². The molecule has 2 aromatic heterocycles. The summed E-state index contributed by atoms with van der Waals surface area (Å²) in [5.74, 6) is 0. The molecule has 0 aliphatic carbocycles. The number of para-hydroxylation sites is 2. The van der Waals surface area contributed by atoms with Crippen molar-refractivity contribution in [3.8, 4) is 77.9 Å². The molecule has 0 aliphatic rings. The summed E-state index contributed by atoms with van der Waals surface area (Å²) in [5.41, 5.74) is 19.8. The molecule has 0 unspecified atom stereocenters. The zero-order valence-electron chi connectivity index (χ0n) is 48.8. The monoisotopic (exact) mass is 1140 g/mol. The highest BCUT2D eigenvalue weighted by molar-refractivity contribution is 6.27. The van der Waals surface area contributed by atoms with E-state index in [4.69, 9.17) is 8.83 Å².